The molecule has 0 saturated carbocycles. The second-order valence-corrected chi connectivity index (χ2v) is 7.06. The summed E-state index contributed by atoms with van der Waals surface area (Å²) in [7, 11) is 0. The van der Waals surface area contributed by atoms with Crippen LogP contribution in [0.3, 0.4) is 0 Å². The normalized spacial score (nSPS) is 16.6. The molecule has 1 saturated heterocycles. The highest BCUT2D eigenvalue weighted by atomic mass is 19.4. The summed E-state index contributed by atoms with van der Waals surface area (Å²) in [5.74, 6) is -0.798. The lowest BCUT2D eigenvalue weighted by molar-refractivity contribution is -0.143. The fraction of sp³-hybridized carbons (Fsp3) is 0.421. The Morgan fingerprint density at radius 2 is 1.62 bits per heavy atom. The summed E-state index contributed by atoms with van der Waals surface area (Å²) in [5, 5.41) is 5.61. The third kappa shape index (κ3) is 6.07. The lowest BCUT2D eigenvalue weighted by Crippen LogP contribution is -2.53. The first-order valence-corrected chi connectivity index (χ1v) is 9.63. The molecule has 1 fully saturated rings. The number of aromatic nitrogens is 3. The summed E-state index contributed by atoms with van der Waals surface area (Å²) in [6, 6.07) is 1.12. The number of hydrogen-bond donors (Lipinski definition) is 1. The SMILES string of the molecule is CCN1CCN(NC(=O)/C=C\n2cnc(-c3cc(C(F)(F)F)cc(C(F)(F)F)c3)n2)CC1. The summed E-state index contributed by atoms with van der Waals surface area (Å²) in [5.41, 5.74) is -0.680. The van der Waals surface area contributed by atoms with E-state index in [1.54, 1.807) is 5.01 Å². The van der Waals surface area contributed by atoms with Crippen LogP contribution in [-0.4, -0.2) is 63.3 Å². The first kappa shape index (κ1) is 23.7. The van der Waals surface area contributed by atoms with Gasteiger partial charge < -0.3 is 4.90 Å². The zero-order valence-corrected chi connectivity index (χ0v) is 16.9. The van der Waals surface area contributed by atoms with E-state index in [9.17, 15) is 31.1 Å². The van der Waals surface area contributed by atoms with Crippen molar-refractivity contribution in [1.29, 1.82) is 0 Å². The van der Waals surface area contributed by atoms with Gasteiger partial charge in [0.25, 0.3) is 5.91 Å². The highest BCUT2D eigenvalue weighted by molar-refractivity contribution is 5.89. The largest absolute Gasteiger partial charge is 0.416 e. The van der Waals surface area contributed by atoms with Crippen molar-refractivity contribution in [3.8, 4) is 11.4 Å². The molecular weight excluding hydrogens is 442 g/mol. The Labute approximate surface area is 179 Å². The van der Waals surface area contributed by atoms with Gasteiger partial charge in [0.2, 0.25) is 0 Å². The molecule has 32 heavy (non-hydrogen) atoms. The molecule has 0 unspecified atom stereocenters. The van der Waals surface area contributed by atoms with E-state index >= 15 is 0 Å². The van der Waals surface area contributed by atoms with Gasteiger partial charge in [0, 0.05) is 44.0 Å². The lowest BCUT2D eigenvalue weighted by Gasteiger charge is -2.33. The number of alkyl halides is 6. The minimum atomic E-state index is -4.97. The molecular formula is C19H20F6N6O. The number of carbonyl (C=O) groups is 1. The average Bonchev–Trinajstić information content (AvgIpc) is 3.20. The molecule has 1 aromatic heterocycles. The van der Waals surface area contributed by atoms with E-state index in [0.717, 1.165) is 36.7 Å². The highest BCUT2D eigenvalue weighted by Gasteiger charge is 2.37. The van der Waals surface area contributed by atoms with Crippen LogP contribution in [0.25, 0.3) is 17.6 Å². The second-order valence-electron chi connectivity index (χ2n) is 7.06. The van der Waals surface area contributed by atoms with Crippen LogP contribution >= 0.6 is 0 Å². The van der Waals surface area contributed by atoms with Gasteiger partial charge in [-0.25, -0.2) is 14.7 Å². The van der Waals surface area contributed by atoms with E-state index in [-0.39, 0.29) is 11.9 Å². The summed E-state index contributed by atoms with van der Waals surface area (Å²) in [4.78, 5) is 18.0. The topological polar surface area (TPSA) is 66.3 Å². The van der Waals surface area contributed by atoms with Crippen LogP contribution in [0.1, 0.15) is 18.1 Å². The molecule has 1 aliphatic heterocycles. The number of hydrazine groups is 1. The number of amides is 1. The van der Waals surface area contributed by atoms with E-state index < -0.39 is 35.0 Å². The number of nitrogens with one attached hydrogen (secondary N) is 1. The molecule has 1 aromatic carbocycles. The Morgan fingerprint density at radius 3 is 2.16 bits per heavy atom. The molecule has 0 radical (unpaired) electrons. The molecule has 7 nitrogen and oxygen atoms in total. The summed E-state index contributed by atoms with van der Waals surface area (Å²) < 4.78 is 79.2. The molecule has 2 heterocycles. The maximum absolute atomic E-state index is 13.0. The maximum atomic E-state index is 13.0. The number of piperazine rings is 1. The number of hydrogen-bond acceptors (Lipinski definition) is 5. The molecule has 13 heteroatoms. The van der Waals surface area contributed by atoms with Crippen LogP contribution < -0.4 is 5.43 Å². The number of halogens is 6. The molecule has 0 spiro atoms. The van der Waals surface area contributed by atoms with Gasteiger partial charge in [-0.3, -0.25) is 10.2 Å². The number of likely N-dealkylation sites (N-methyl/N-ethyl adjacent to an activating group) is 1. The smallest absolute Gasteiger partial charge is 0.301 e. The Morgan fingerprint density at radius 1 is 1.03 bits per heavy atom. The summed E-state index contributed by atoms with van der Waals surface area (Å²) in [6.07, 6.45) is -6.53. The van der Waals surface area contributed by atoms with Crippen LogP contribution in [-0.2, 0) is 17.1 Å². The quantitative estimate of drug-likeness (QED) is 0.547. The first-order valence-electron chi connectivity index (χ1n) is 9.63. The zero-order valence-electron chi connectivity index (χ0n) is 16.9. The van der Waals surface area contributed by atoms with E-state index in [1.807, 2.05) is 6.92 Å². The highest BCUT2D eigenvalue weighted by Crippen LogP contribution is 2.38. The lowest BCUT2D eigenvalue weighted by atomic mass is 10.0. The molecule has 1 aliphatic rings. The number of nitrogens with zero attached hydrogens (tertiary/aromatic N) is 5. The molecule has 0 bridgehead atoms. The van der Waals surface area contributed by atoms with Crippen LogP contribution in [0.2, 0.25) is 0 Å². The molecule has 2 aromatic rings. The van der Waals surface area contributed by atoms with E-state index in [1.165, 1.54) is 6.20 Å². The Bertz CT molecular complexity index is 943. The van der Waals surface area contributed by atoms with Crippen molar-refractivity contribution in [3.05, 3.63) is 41.7 Å². The van der Waals surface area contributed by atoms with Gasteiger partial charge in [0.1, 0.15) is 6.33 Å². The number of benzene rings is 1. The molecule has 174 valence electrons. The minimum absolute atomic E-state index is 0.0328. The summed E-state index contributed by atoms with van der Waals surface area (Å²) >= 11 is 0. The van der Waals surface area contributed by atoms with Crippen LogP contribution in [0.4, 0.5) is 26.3 Å². The van der Waals surface area contributed by atoms with Gasteiger partial charge in [0.15, 0.2) is 5.82 Å². The average molecular weight is 462 g/mol. The molecule has 1 amide bonds. The Hall–Kier alpha value is -2.93. The molecule has 0 atom stereocenters. The van der Waals surface area contributed by atoms with Gasteiger partial charge in [-0.05, 0) is 24.7 Å². The third-order valence-electron chi connectivity index (χ3n) is 4.82. The van der Waals surface area contributed by atoms with Crippen molar-refractivity contribution in [2.75, 3.05) is 32.7 Å². The minimum Gasteiger partial charge on any atom is -0.301 e. The molecule has 3 rings (SSSR count). The van der Waals surface area contributed by atoms with Gasteiger partial charge in [-0.2, -0.15) is 26.3 Å². The van der Waals surface area contributed by atoms with Crippen molar-refractivity contribution in [3.63, 3.8) is 0 Å². The van der Waals surface area contributed by atoms with Crippen molar-refractivity contribution in [1.82, 2.24) is 30.1 Å². The van der Waals surface area contributed by atoms with Crippen molar-refractivity contribution in [2.24, 2.45) is 0 Å². The van der Waals surface area contributed by atoms with Crippen molar-refractivity contribution in [2.45, 2.75) is 19.3 Å². The monoisotopic (exact) mass is 462 g/mol. The van der Waals surface area contributed by atoms with Crippen molar-refractivity contribution >= 4 is 12.1 Å². The maximum Gasteiger partial charge on any atom is 0.416 e. The van der Waals surface area contributed by atoms with Crippen molar-refractivity contribution < 1.29 is 31.1 Å². The Balaban J connectivity index is 1.72. The third-order valence-corrected chi connectivity index (χ3v) is 4.82. The number of carbonyl (C=O) groups excluding carboxylic acids is 1. The van der Waals surface area contributed by atoms with Crippen LogP contribution in [0.5, 0.6) is 0 Å². The molecule has 0 aliphatic carbocycles. The fourth-order valence-electron chi connectivity index (χ4n) is 3.08. The standard InChI is InChI=1S/C19H20F6N6O/c1-2-29-5-7-30(8-6-29)27-16(32)3-4-31-12-26-17(28-31)13-9-14(18(20,21)22)11-15(10-13)19(23,24)25/h3-4,9-12H,2,5-8H2,1H3,(H,27,32)/b4-3-. The van der Waals surface area contributed by atoms with E-state index in [2.05, 4.69) is 20.4 Å². The predicted octanol–water partition coefficient (Wildman–Crippen LogP) is 3.12. The van der Waals surface area contributed by atoms with Gasteiger partial charge >= 0.3 is 12.4 Å². The van der Waals surface area contributed by atoms with Gasteiger partial charge in [0.05, 0.1) is 11.1 Å². The van der Waals surface area contributed by atoms with E-state index in [4.69, 9.17) is 0 Å². The molecule has 1 N–H and O–H groups in total. The second kappa shape index (κ2) is 9.28. The van der Waals surface area contributed by atoms with Crippen LogP contribution in [0, 0.1) is 0 Å². The van der Waals surface area contributed by atoms with E-state index in [0.29, 0.717) is 25.2 Å². The summed E-state index contributed by atoms with van der Waals surface area (Å²) in [6.45, 7) is 5.89. The fourth-order valence-corrected chi connectivity index (χ4v) is 3.08. The van der Waals surface area contributed by atoms with Gasteiger partial charge in [-0.15, -0.1) is 5.10 Å². The Kier molecular flexibility index (Phi) is 6.88. The zero-order chi connectivity index (χ0) is 23.5. The number of rotatable bonds is 5. The van der Waals surface area contributed by atoms with Crippen LogP contribution in [0.15, 0.2) is 30.6 Å². The predicted molar refractivity (Wildman–Crippen MR) is 103 cm³/mol. The first-order chi connectivity index (χ1) is 15.0. The van der Waals surface area contributed by atoms with Gasteiger partial charge in [-0.1, -0.05) is 6.92 Å².